The van der Waals surface area contributed by atoms with Gasteiger partial charge < -0.3 is 10.3 Å². The quantitative estimate of drug-likeness (QED) is 0.164. The van der Waals surface area contributed by atoms with Gasteiger partial charge in [0.15, 0.2) is 0 Å². The number of para-hydroxylation sites is 1. The number of carbonyl (C=O) groups excluding carboxylic acids is 1. The zero-order valence-corrected chi connectivity index (χ0v) is 20.9. The second-order valence-electron chi connectivity index (χ2n) is 9.15. The second kappa shape index (κ2) is 18.2. The molecule has 3 heteroatoms. The predicted octanol–water partition coefficient (Wildman–Crippen LogP) is 8.42. The van der Waals surface area contributed by atoms with Crippen LogP contribution in [0.15, 0.2) is 54.8 Å². The molecule has 2 N–H and O–H groups in total. The maximum absolute atomic E-state index is 12.1. The van der Waals surface area contributed by atoms with E-state index in [0.717, 1.165) is 24.8 Å². The normalized spacial score (nSPS) is 11.8. The molecule has 2 rings (SSSR count). The van der Waals surface area contributed by atoms with Crippen LogP contribution in [0.1, 0.15) is 102 Å². The summed E-state index contributed by atoms with van der Waals surface area (Å²) in [6.45, 7) is 2.97. The number of fused-ring (bicyclic) bond motifs is 1. The number of aromatic nitrogens is 1. The molecular weight excluding hydrogens is 404 g/mol. The number of H-pyrrole nitrogens is 1. The third kappa shape index (κ3) is 12.5. The summed E-state index contributed by atoms with van der Waals surface area (Å²) in [5, 5.41) is 4.33. The number of benzene rings is 1. The molecule has 0 spiro atoms. The molecule has 1 amide bonds. The molecule has 0 radical (unpaired) electrons. The van der Waals surface area contributed by atoms with E-state index < -0.39 is 0 Å². The van der Waals surface area contributed by atoms with Crippen molar-refractivity contribution >= 4 is 16.8 Å². The summed E-state index contributed by atoms with van der Waals surface area (Å²) in [7, 11) is 0. The number of hydrogen-bond donors (Lipinski definition) is 2. The first-order valence-corrected chi connectivity index (χ1v) is 13.4. The van der Waals surface area contributed by atoms with Crippen LogP contribution >= 0.6 is 0 Å². The van der Waals surface area contributed by atoms with Gasteiger partial charge >= 0.3 is 0 Å². The van der Waals surface area contributed by atoms with Gasteiger partial charge in [0.25, 0.3) is 0 Å². The molecule has 182 valence electrons. The van der Waals surface area contributed by atoms with E-state index in [2.05, 4.69) is 65.9 Å². The van der Waals surface area contributed by atoms with Gasteiger partial charge in [-0.25, -0.2) is 0 Å². The summed E-state index contributed by atoms with van der Waals surface area (Å²) >= 11 is 0. The molecule has 0 aliphatic heterocycles. The molecule has 1 aromatic carbocycles. The van der Waals surface area contributed by atoms with Crippen molar-refractivity contribution in [3.63, 3.8) is 0 Å². The van der Waals surface area contributed by atoms with Crippen LogP contribution in [-0.2, 0) is 11.2 Å². The van der Waals surface area contributed by atoms with Crippen LogP contribution in [0.5, 0.6) is 0 Å². The Morgan fingerprint density at radius 3 is 2.27 bits per heavy atom. The van der Waals surface area contributed by atoms with E-state index in [1.54, 1.807) is 0 Å². The lowest BCUT2D eigenvalue weighted by atomic mass is 10.1. The third-order valence-electron chi connectivity index (χ3n) is 6.25. The van der Waals surface area contributed by atoms with Crippen LogP contribution in [0.25, 0.3) is 10.9 Å². The fraction of sp³-hybridized carbons (Fsp3) is 0.567. The lowest BCUT2D eigenvalue weighted by molar-refractivity contribution is -0.121. The Morgan fingerprint density at radius 2 is 1.52 bits per heavy atom. The number of rotatable bonds is 19. The molecule has 0 fully saturated rings. The number of carbonyl (C=O) groups is 1. The molecule has 0 unspecified atom stereocenters. The smallest absolute Gasteiger partial charge is 0.220 e. The molecule has 3 nitrogen and oxygen atoms in total. The van der Waals surface area contributed by atoms with E-state index in [1.165, 1.54) is 81.6 Å². The van der Waals surface area contributed by atoms with Crippen LogP contribution in [0.2, 0.25) is 0 Å². The minimum atomic E-state index is 0.192. The van der Waals surface area contributed by atoms with E-state index in [0.29, 0.717) is 13.0 Å². The number of amides is 1. The summed E-state index contributed by atoms with van der Waals surface area (Å²) in [4.78, 5) is 15.4. The van der Waals surface area contributed by atoms with Crippen LogP contribution in [0, 0.1) is 0 Å². The first-order valence-electron chi connectivity index (χ1n) is 13.4. The Labute approximate surface area is 202 Å². The fourth-order valence-electron chi connectivity index (χ4n) is 4.21. The minimum absolute atomic E-state index is 0.192. The van der Waals surface area contributed by atoms with E-state index >= 15 is 0 Å². The molecule has 0 aliphatic rings. The molecule has 1 heterocycles. The molecule has 0 atom stereocenters. The maximum atomic E-state index is 12.1. The van der Waals surface area contributed by atoms with E-state index in [1.807, 2.05) is 6.07 Å². The number of unbranched alkanes of at least 4 members (excludes halogenated alkanes) is 10. The van der Waals surface area contributed by atoms with Gasteiger partial charge in [0.2, 0.25) is 5.91 Å². The molecule has 0 saturated carbocycles. The van der Waals surface area contributed by atoms with Gasteiger partial charge in [0.05, 0.1) is 0 Å². The van der Waals surface area contributed by atoms with Crippen molar-refractivity contribution in [1.29, 1.82) is 0 Å². The average Bonchev–Trinajstić information content (AvgIpc) is 3.24. The van der Waals surface area contributed by atoms with Gasteiger partial charge in [-0.2, -0.15) is 0 Å². The van der Waals surface area contributed by atoms with Gasteiger partial charge in [-0.1, -0.05) is 94.4 Å². The molecule has 0 aliphatic carbocycles. The second-order valence-corrected chi connectivity index (χ2v) is 9.15. The standard InChI is InChI=1S/C30H46N2O/c1-2-3-4-5-6-7-8-9-10-11-12-13-14-15-16-17-18-23-30(33)31-25-24-27-26-32-29-22-20-19-21-28(27)29/h6-7,9-10,19-22,26,32H,2-5,8,11-18,23-25H2,1H3,(H,31,33)/b7-6-,10-9-. The van der Waals surface area contributed by atoms with Crippen molar-refractivity contribution in [1.82, 2.24) is 10.3 Å². The van der Waals surface area contributed by atoms with Gasteiger partial charge in [-0.15, -0.1) is 0 Å². The number of aromatic amines is 1. The van der Waals surface area contributed by atoms with Crippen molar-refractivity contribution in [3.05, 3.63) is 60.3 Å². The van der Waals surface area contributed by atoms with Crippen molar-refractivity contribution in [2.75, 3.05) is 6.54 Å². The summed E-state index contributed by atoms with van der Waals surface area (Å²) < 4.78 is 0. The van der Waals surface area contributed by atoms with Crippen molar-refractivity contribution in [2.45, 2.75) is 103 Å². The Balaban J connectivity index is 1.35. The number of hydrogen-bond acceptors (Lipinski definition) is 1. The molecule has 0 saturated heterocycles. The number of allylic oxidation sites excluding steroid dienone is 4. The highest BCUT2D eigenvalue weighted by molar-refractivity contribution is 5.83. The summed E-state index contributed by atoms with van der Waals surface area (Å²) in [5.74, 6) is 0.192. The SMILES string of the molecule is CCCCC/C=C\C/C=C\CCCCCCCCCC(=O)NCCc1c[nH]c2ccccc12. The first-order chi connectivity index (χ1) is 16.3. The maximum Gasteiger partial charge on any atom is 0.220 e. The van der Waals surface area contributed by atoms with Gasteiger partial charge in [-0.3, -0.25) is 4.79 Å². The van der Waals surface area contributed by atoms with Crippen molar-refractivity contribution in [2.24, 2.45) is 0 Å². The Bertz CT molecular complexity index is 818. The van der Waals surface area contributed by atoms with Gasteiger partial charge in [-0.05, 0) is 56.6 Å². The Kier molecular flexibility index (Phi) is 14.8. The predicted molar refractivity (Wildman–Crippen MR) is 144 cm³/mol. The Hall–Kier alpha value is -2.29. The van der Waals surface area contributed by atoms with Crippen LogP contribution < -0.4 is 5.32 Å². The highest BCUT2D eigenvalue weighted by atomic mass is 16.1. The zero-order valence-electron chi connectivity index (χ0n) is 20.9. The lowest BCUT2D eigenvalue weighted by Crippen LogP contribution is -2.25. The highest BCUT2D eigenvalue weighted by Gasteiger charge is 2.04. The first kappa shape index (κ1) is 27.0. The summed E-state index contributed by atoms with van der Waals surface area (Å²) in [6.07, 6.45) is 29.1. The van der Waals surface area contributed by atoms with Crippen LogP contribution in [0.4, 0.5) is 0 Å². The van der Waals surface area contributed by atoms with Gasteiger partial charge in [0, 0.05) is 30.1 Å². The Morgan fingerprint density at radius 1 is 0.848 bits per heavy atom. The van der Waals surface area contributed by atoms with E-state index in [-0.39, 0.29) is 5.91 Å². The number of nitrogens with one attached hydrogen (secondary N) is 2. The molecule has 1 aromatic heterocycles. The monoisotopic (exact) mass is 450 g/mol. The minimum Gasteiger partial charge on any atom is -0.361 e. The van der Waals surface area contributed by atoms with Crippen LogP contribution in [-0.4, -0.2) is 17.4 Å². The van der Waals surface area contributed by atoms with Crippen molar-refractivity contribution < 1.29 is 4.79 Å². The van der Waals surface area contributed by atoms with E-state index in [9.17, 15) is 4.79 Å². The molecule has 0 bridgehead atoms. The van der Waals surface area contributed by atoms with Crippen molar-refractivity contribution in [3.8, 4) is 0 Å². The largest absolute Gasteiger partial charge is 0.361 e. The topological polar surface area (TPSA) is 44.9 Å². The van der Waals surface area contributed by atoms with Gasteiger partial charge in [0.1, 0.15) is 0 Å². The lowest BCUT2D eigenvalue weighted by Gasteiger charge is -2.05. The molecule has 2 aromatic rings. The fourth-order valence-corrected chi connectivity index (χ4v) is 4.21. The highest BCUT2D eigenvalue weighted by Crippen LogP contribution is 2.17. The van der Waals surface area contributed by atoms with E-state index in [4.69, 9.17) is 0 Å². The summed E-state index contributed by atoms with van der Waals surface area (Å²) in [5.41, 5.74) is 2.44. The summed E-state index contributed by atoms with van der Waals surface area (Å²) in [6, 6.07) is 8.32. The average molecular weight is 451 g/mol. The third-order valence-corrected chi connectivity index (χ3v) is 6.25. The molecule has 33 heavy (non-hydrogen) atoms. The van der Waals surface area contributed by atoms with Crippen LogP contribution in [0.3, 0.4) is 0 Å². The molecular formula is C30H46N2O. The zero-order chi connectivity index (χ0) is 23.4.